The predicted octanol–water partition coefficient (Wildman–Crippen LogP) is 5.44. The minimum absolute atomic E-state index is 0.0420. The molecular formula is C21H21ClN2O2S. The van der Waals surface area contributed by atoms with Crippen LogP contribution in [0.2, 0.25) is 5.02 Å². The van der Waals surface area contributed by atoms with Gasteiger partial charge in [0.05, 0.1) is 12.1 Å². The summed E-state index contributed by atoms with van der Waals surface area (Å²) in [4.78, 5) is 14.2. The van der Waals surface area contributed by atoms with Crippen molar-refractivity contribution in [2.24, 2.45) is 0 Å². The summed E-state index contributed by atoms with van der Waals surface area (Å²) >= 11 is 7.84. The zero-order valence-electron chi connectivity index (χ0n) is 15.1. The first kappa shape index (κ1) is 19.4. The van der Waals surface area contributed by atoms with Gasteiger partial charge in [-0.05, 0) is 42.1 Å². The van der Waals surface area contributed by atoms with Gasteiger partial charge in [-0.2, -0.15) is 0 Å². The molecule has 1 aromatic heterocycles. The maximum atomic E-state index is 13.0. The van der Waals surface area contributed by atoms with Crippen LogP contribution in [-0.2, 0) is 4.79 Å². The number of thiophene rings is 1. The quantitative estimate of drug-likeness (QED) is 0.555. The summed E-state index contributed by atoms with van der Waals surface area (Å²) in [6.45, 7) is 2.05. The van der Waals surface area contributed by atoms with E-state index in [1.54, 1.807) is 36.6 Å². The number of methoxy groups -OCH3 is 1. The molecule has 2 atom stereocenters. The van der Waals surface area contributed by atoms with Crippen molar-refractivity contribution >= 4 is 34.5 Å². The lowest BCUT2D eigenvalue weighted by Crippen LogP contribution is -2.34. The molecule has 0 unspecified atom stereocenters. The van der Waals surface area contributed by atoms with E-state index in [4.69, 9.17) is 16.3 Å². The van der Waals surface area contributed by atoms with Crippen molar-refractivity contribution in [2.75, 3.05) is 12.4 Å². The maximum Gasteiger partial charge on any atom is 0.246 e. The molecule has 0 aliphatic carbocycles. The Labute approximate surface area is 168 Å². The summed E-state index contributed by atoms with van der Waals surface area (Å²) in [5.41, 5.74) is 1.52. The zero-order chi connectivity index (χ0) is 19.2. The fourth-order valence-electron chi connectivity index (χ4n) is 2.80. The largest absolute Gasteiger partial charge is 0.495 e. The van der Waals surface area contributed by atoms with E-state index in [0.29, 0.717) is 16.5 Å². The number of hydrogen-bond acceptors (Lipinski definition) is 4. The van der Waals surface area contributed by atoms with Gasteiger partial charge >= 0.3 is 0 Å². The van der Waals surface area contributed by atoms with Crippen molar-refractivity contribution in [3.8, 4) is 5.75 Å². The van der Waals surface area contributed by atoms with Crippen LogP contribution in [0.15, 0.2) is 66.0 Å². The van der Waals surface area contributed by atoms with Crippen LogP contribution in [-0.4, -0.2) is 13.0 Å². The Kier molecular flexibility index (Phi) is 6.50. The molecule has 0 radical (unpaired) electrons. The first-order valence-corrected chi connectivity index (χ1v) is 9.83. The first-order chi connectivity index (χ1) is 13.1. The van der Waals surface area contributed by atoms with Gasteiger partial charge in [-0.15, -0.1) is 11.3 Å². The average molecular weight is 401 g/mol. The van der Waals surface area contributed by atoms with Crippen molar-refractivity contribution in [3.63, 3.8) is 0 Å². The molecule has 0 aliphatic heterocycles. The Balaban J connectivity index is 1.81. The van der Waals surface area contributed by atoms with Gasteiger partial charge in [-0.3, -0.25) is 10.1 Å². The van der Waals surface area contributed by atoms with Crippen molar-refractivity contribution in [1.29, 1.82) is 0 Å². The number of anilines is 1. The van der Waals surface area contributed by atoms with E-state index in [9.17, 15) is 4.79 Å². The second-order valence-corrected chi connectivity index (χ2v) is 7.47. The highest BCUT2D eigenvalue weighted by atomic mass is 35.5. The fraction of sp³-hybridized carbons (Fsp3) is 0.190. The van der Waals surface area contributed by atoms with Crippen LogP contribution < -0.4 is 15.4 Å². The second kappa shape index (κ2) is 9.04. The average Bonchev–Trinajstić information content (AvgIpc) is 3.21. The summed E-state index contributed by atoms with van der Waals surface area (Å²) in [5, 5.41) is 8.86. The van der Waals surface area contributed by atoms with Gasteiger partial charge in [0, 0.05) is 16.6 Å². The Hall–Kier alpha value is -2.34. The number of nitrogens with one attached hydrogen (secondary N) is 2. The summed E-state index contributed by atoms with van der Waals surface area (Å²) in [7, 11) is 1.56. The number of rotatable bonds is 7. The van der Waals surface area contributed by atoms with E-state index in [0.717, 1.165) is 5.56 Å². The third-order valence-electron chi connectivity index (χ3n) is 4.20. The molecule has 4 nitrogen and oxygen atoms in total. The van der Waals surface area contributed by atoms with E-state index in [1.807, 2.05) is 41.8 Å². The van der Waals surface area contributed by atoms with Crippen LogP contribution in [0.4, 0.5) is 5.69 Å². The van der Waals surface area contributed by atoms with Gasteiger partial charge < -0.3 is 10.1 Å². The van der Waals surface area contributed by atoms with Crippen molar-refractivity contribution in [2.45, 2.75) is 19.0 Å². The standard InChI is InChI=1S/C21H21ClN2O2S/c1-14(19-9-6-12-27-19)23-20(15-7-4-3-5-8-15)21(25)24-16-10-11-18(26-2)17(22)13-16/h3-14,20,23H,1-2H3,(H,24,25)/t14-,20-/m1/s1. The normalized spacial score (nSPS) is 13.0. The van der Waals surface area contributed by atoms with Crippen molar-refractivity contribution in [3.05, 3.63) is 81.5 Å². The van der Waals surface area contributed by atoms with E-state index >= 15 is 0 Å². The molecule has 3 rings (SSSR count). The fourth-order valence-corrected chi connectivity index (χ4v) is 3.80. The lowest BCUT2D eigenvalue weighted by molar-refractivity contribution is -0.118. The molecule has 0 aliphatic rings. The van der Waals surface area contributed by atoms with E-state index < -0.39 is 6.04 Å². The number of amides is 1. The van der Waals surface area contributed by atoms with Crippen LogP contribution in [0, 0.1) is 0 Å². The summed E-state index contributed by atoms with van der Waals surface area (Å²) in [6.07, 6.45) is 0. The van der Waals surface area contributed by atoms with Gasteiger partial charge in [0.25, 0.3) is 0 Å². The second-order valence-electron chi connectivity index (χ2n) is 6.09. The molecular weight excluding hydrogens is 380 g/mol. The molecule has 6 heteroatoms. The maximum absolute atomic E-state index is 13.0. The smallest absolute Gasteiger partial charge is 0.246 e. The Bertz CT molecular complexity index is 884. The number of halogens is 1. The zero-order valence-corrected chi connectivity index (χ0v) is 16.7. The van der Waals surface area contributed by atoms with Crippen molar-refractivity contribution in [1.82, 2.24) is 5.32 Å². The van der Waals surface area contributed by atoms with Crippen molar-refractivity contribution < 1.29 is 9.53 Å². The highest BCUT2D eigenvalue weighted by molar-refractivity contribution is 7.10. The Morgan fingerprint density at radius 3 is 2.52 bits per heavy atom. The van der Waals surface area contributed by atoms with Crippen LogP contribution in [0.1, 0.15) is 29.4 Å². The molecule has 2 aromatic carbocycles. The number of carbonyl (C=O) groups is 1. The minimum atomic E-state index is -0.496. The van der Waals surface area contributed by atoms with E-state index in [2.05, 4.69) is 23.6 Å². The first-order valence-electron chi connectivity index (χ1n) is 8.57. The number of hydrogen-bond donors (Lipinski definition) is 2. The van der Waals surface area contributed by atoms with E-state index in [-0.39, 0.29) is 11.9 Å². The number of carbonyl (C=O) groups excluding carboxylic acids is 1. The molecule has 1 amide bonds. The number of ether oxygens (including phenoxy) is 1. The molecule has 0 saturated heterocycles. The summed E-state index contributed by atoms with van der Waals surface area (Å²) in [5.74, 6) is 0.421. The molecule has 0 bridgehead atoms. The predicted molar refractivity (Wildman–Crippen MR) is 112 cm³/mol. The monoisotopic (exact) mass is 400 g/mol. The van der Waals surface area contributed by atoms with Crippen LogP contribution in [0.5, 0.6) is 5.75 Å². The lowest BCUT2D eigenvalue weighted by Gasteiger charge is -2.23. The SMILES string of the molecule is COc1ccc(NC(=O)[C@H](N[C@H](C)c2cccs2)c2ccccc2)cc1Cl. The molecule has 2 N–H and O–H groups in total. The van der Waals surface area contributed by atoms with Gasteiger partial charge in [0.1, 0.15) is 11.8 Å². The Morgan fingerprint density at radius 1 is 1.11 bits per heavy atom. The number of benzene rings is 2. The summed E-state index contributed by atoms with van der Waals surface area (Å²) < 4.78 is 5.16. The molecule has 27 heavy (non-hydrogen) atoms. The molecule has 0 saturated carbocycles. The minimum Gasteiger partial charge on any atom is -0.495 e. The third-order valence-corrected chi connectivity index (χ3v) is 5.55. The van der Waals surface area contributed by atoms with Crippen LogP contribution in [0.3, 0.4) is 0 Å². The third kappa shape index (κ3) is 4.89. The van der Waals surface area contributed by atoms with E-state index in [1.165, 1.54) is 4.88 Å². The molecule has 0 fully saturated rings. The van der Waals surface area contributed by atoms with Crippen LogP contribution >= 0.6 is 22.9 Å². The summed E-state index contributed by atoms with van der Waals surface area (Å²) in [6, 6.07) is 18.5. The van der Waals surface area contributed by atoms with Gasteiger partial charge in [0.15, 0.2) is 0 Å². The lowest BCUT2D eigenvalue weighted by atomic mass is 10.0. The van der Waals surface area contributed by atoms with Gasteiger partial charge in [-0.25, -0.2) is 0 Å². The highest BCUT2D eigenvalue weighted by Gasteiger charge is 2.23. The highest BCUT2D eigenvalue weighted by Crippen LogP contribution is 2.28. The molecule has 3 aromatic rings. The van der Waals surface area contributed by atoms with Crippen LogP contribution in [0.25, 0.3) is 0 Å². The molecule has 0 spiro atoms. The molecule has 1 heterocycles. The van der Waals surface area contributed by atoms with Gasteiger partial charge in [-0.1, -0.05) is 48.0 Å². The topological polar surface area (TPSA) is 50.4 Å². The van der Waals surface area contributed by atoms with Gasteiger partial charge in [0.2, 0.25) is 5.91 Å². The Morgan fingerprint density at radius 2 is 1.89 bits per heavy atom. The molecule has 140 valence electrons.